The number of hydrogen-bond acceptors (Lipinski definition) is 2. The van der Waals surface area contributed by atoms with Gasteiger partial charge in [0.15, 0.2) is 0 Å². The van der Waals surface area contributed by atoms with Crippen LogP contribution in [0.1, 0.15) is 36.0 Å². The lowest BCUT2D eigenvalue weighted by molar-refractivity contribution is 0.411. The van der Waals surface area contributed by atoms with Crippen molar-refractivity contribution in [3.63, 3.8) is 0 Å². The summed E-state index contributed by atoms with van der Waals surface area (Å²) < 4.78 is 5.35. The number of fused-ring (bicyclic) bond motifs is 1. The van der Waals surface area contributed by atoms with Crippen molar-refractivity contribution in [3.8, 4) is 5.75 Å². The van der Waals surface area contributed by atoms with Crippen LogP contribution in [0.3, 0.4) is 0 Å². The first-order valence-electron chi connectivity index (χ1n) is 7.36. The van der Waals surface area contributed by atoms with Crippen molar-refractivity contribution in [1.82, 2.24) is 0 Å². The lowest BCUT2D eigenvalue weighted by Crippen LogP contribution is -2.38. The molecule has 2 aromatic rings. The maximum absolute atomic E-state index is 6.87. The van der Waals surface area contributed by atoms with E-state index in [1.165, 1.54) is 17.5 Å². The molecule has 1 aliphatic rings. The van der Waals surface area contributed by atoms with Crippen LogP contribution in [0.2, 0.25) is 5.02 Å². The summed E-state index contributed by atoms with van der Waals surface area (Å²) in [7, 11) is 1.63. The van der Waals surface area contributed by atoms with E-state index in [0.717, 1.165) is 24.8 Å². The third-order valence-electron chi connectivity index (χ3n) is 4.43. The second kappa shape index (κ2) is 5.70. The first kappa shape index (κ1) is 14.4. The van der Waals surface area contributed by atoms with E-state index in [0.29, 0.717) is 10.8 Å². The highest BCUT2D eigenvalue weighted by atomic mass is 35.5. The van der Waals surface area contributed by atoms with Gasteiger partial charge in [-0.2, -0.15) is 0 Å². The summed E-state index contributed by atoms with van der Waals surface area (Å²) in [6.07, 6.45) is 4.34. The minimum Gasteiger partial charge on any atom is -0.495 e. The number of methoxy groups -OCH3 is 1. The number of ether oxygens (including phenoxy) is 1. The number of nitrogens with two attached hydrogens (primary N) is 1. The third kappa shape index (κ3) is 2.54. The Morgan fingerprint density at radius 3 is 2.76 bits per heavy atom. The second-order valence-corrected chi connectivity index (χ2v) is 6.09. The van der Waals surface area contributed by atoms with E-state index in [9.17, 15) is 0 Å². The van der Waals surface area contributed by atoms with Crippen LogP contribution in [0.25, 0.3) is 0 Å². The van der Waals surface area contributed by atoms with Crippen molar-refractivity contribution in [1.29, 1.82) is 0 Å². The Balaban J connectivity index is 2.15. The summed E-state index contributed by atoms with van der Waals surface area (Å²) in [6, 6.07) is 14.4. The molecule has 1 aliphatic carbocycles. The minimum atomic E-state index is -0.467. The Hall–Kier alpha value is -1.51. The zero-order chi connectivity index (χ0) is 14.9. The predicted octanol–water partition coefficient (Wildman–Crippen LogP) is 4.28. The Kier molecular flexibility index (Phi) is 3.92. The quantitative estimate of drug-likeness (QED) is 0.840. The molecular formula is C18H20ClNO. The number of aryl methyl sites for hydroxylation is 1. The van der Waals surface area contributed by atoms with E-state index >= 15 is 0 Å². The maximum Gasteiger partial charge on any atom is 0.137 e. The van der Waals surface area contributed by atoms with Gasteiger partial charge in [-0.3, -0.25) is 0 Å². The fraction of sp³-hybridized carbons (Fsp3) is 0.333. The Bertz CT molecular complexity index is 655. The van der Waals surface area contributed by atoms with Crippen molar-refractivity contribution in [2.24, 2.45) is 5.73 Å². The van der Waals surface area contributed by atoms with Crippen LogP contribution in [0, 0.1) is 0 Å². The molecule has 0 saturated carbocycles. The fourth-order valence-electron chi connectivity index (χ4n) is 3.26. The smallest absolute Gasteiger partial charge is 0.137 e. The van der Waals surface area contributed by atoms with Crippen LogP contribution in [-0.2, 0) is 12.0 Å². The summed E-state index contributed by atoms with van der Waals surface area (Å²) in [6.45, 7) is 0. The second-order valence-electron chi connectivity index (χ2n) is 5.68. The van der Waals surface area contributed by atoms with E-state index in [1.807, 2.05) is 18.2 Å². The summed E-state index contributed by atoms with van der Waals surface area (Å²) in [5.41, 5.74) is 10.0. The zero-order valence-electron chi connectivity index (χ0n) is 12.2. The highest BCUT2D eigenvalue weighted by Gasteiger charge is 2.33. The fourth-order valence-corrected chi connectivity index (χ4v) is 3.46. The number of benzene rings is 2. The molecule has 0 aromatic heterocycles. The van der Waals surface area contributed by atoms with E-state index in [4.69, 9.17) is 22.1 Å². The van der Waals surface area contributed by atoms with Crippen molar-refractivity contribution in [2.45, 2.75) is 31.2 Å². The molecule has 21 heavy (non-hydrogen) atoms. The van der Waals surface area contributed by atoms with Gasteiger partial charge in [-0.15, -0.1) is 0 Å². The summed E-state index contributed by atoms with van der Waals surface area (Å²) in [5, 5.41) is 0.617. The van der Waals surface area contributed by atoms with Crippen molar-refractivity contribution in [3.05, 3.63) is 64.2 Å². The van der Waals surface area contributed by atoms with Gasteiger partial charge in [-0.05, 0) is 48.1 Å². The van der Waals surface area contributed by atoms with E-state index in [-0.39, 0.29) is 0 Å². The van der Waals surface area contributed by atoms with Gasteiger partial charge in [0.2, 0.25) is 0 Å². The van der Waals surface area contributed by atoms with Gasteiger partial charge in [0.1, 0.15) is 5.75 Å². The van der Waals surface area contributed by atoms with Crippen molar-refractivity contribution >= 4 is 11.6 Å². The molecule has 2 aromatic carbocycles. The Morgan fingerprint density at radius 1 is 1.14 bits per heavy atom. The van der Waals surface area contributed by atoms with Crippen molar-refractivity contribution in [2.75, 3.05) is 7.11 Å². The number of halogens is 1. The summed E-state index contributed by atoms with van der Waals surface area (Å²) in [5.74, 6) is 0.681. The van der Waals surface area contributed by atoms with Crippen LogP contribution in [-0.4, -0.2) is 7.11 Å². The molecule has 2 N–H and O–H groups in total. The first-order chi connectivity index (χ1) is 10.1. The van der Waals surface area contributed by atoms with Gasteiger partial charge in [-0.1, -0.05) is 48.4 Å². The number of rotatable bonds is 2. The van der Waals surface area contributed by atoms with Crippen LogP contribution in [0.15, 0.2) is 42.5 Å². The van der Waals surface area contributed by atoms with E-state index in [1.54, 1.807) is 7.11 Å². The van der Waals surface area contributed by atoms with Gasteiger partial charge in [0, 0.05) is 0 Å². The van der Waals surface area contributed by atoms with E-state index < -0.39 is 5.54 Å². The molecule has 0 radical (unpaired) electrons. The predicted molar refractivity (Wildman–Crippen MR) is 87.0 cm³/mol. The average molecular weight is 302 g/mol. The molecule has 0 fully saturated rings. The summed E-state index contributed by atoms with van der Waals surface area (Å²) in [4.78, 5) is 0. The zero-order valence-corrected chi connectivity index (χ0v) is 13.0. The molecule has 0 aliphatic heterocycles. The number of hydrogen-bond donors (Lipinski definition) is 1. The molecule has 1 atom stereocenters. The molecule has 3 heteroatoms. The molecule has 3 rings (SSSR count). The monoisotopic (exact) mass is 301 g/mol. The third-order valence-corrected chi connectivity index (χ3v) is 4.74. The SMILES string of the molecule is COc1cc(C2(N)CCCCc3ccccc32)ccc1Cl. The molecule has 1 unspecified atom stereocenters. The minimum absolute atomic E-state index is 0.467. The van der Waals surface area contributed by atoms with E-state index in [2.05, 4.69) is 24.3 Å². The van der Waals surface area contributed by atoms with Gasteiger partial charge in [0.25, 0.3) is 0 Å². The van der Waals surface area contributed by atoms with Gasteiger partial charge < -0.3 is 10.5 Å². The Morgan fingerprint density at radius 2 is 1.95 bits per heavy atom. The summed E-state index contributed by atoms with van der Waals surface area (Å²) >= 11 is 6.15. The average Bonchev–Trinajstić information content (AvgIpc) is 2.68. The molecule has 0 spiro atoms. The van der Waals surface area contributed by atoms with Crippen LogP contribution in [0.5, 0.6) is 5.75 Å². The van der Waals surface area contributed by atoms with Gasteiger partial charge >= 0.3 is 0 Å². The molecule has 0 amide bonds. The molecule has 0 saturated heterocycles. The van der Waals surface area contributed by atoms with Crippen LogP contribution < -0.4 is 10.5 Å². The highest BCUT2D eigenvalue weighted by molar-refractivity contribution is 6.32. The lowest BCUT2D eigenvalue weighted by atomic mass is 9.79. The molecular weight excluding hydrogens is 282 g/mol. The Labute approximate surface area is 130 Å². The standard InChI is InChI=1S/C18H20ClNO/c1-21-17-12-14(9-10-16(17)19)18(20)11-5-4-7-13-6-2-3-8-15(13)18/h2-3,6,8-10,12H,4-5,7,11,20H2,1H3. The van der Waals surface area contributed by atoms with Crippen molar-refractivity contribution < 1.29 is 4.74 Å². The van der Waals surface area contributed by atoms with Gasteiger partial charge in [0.05, 0.1) is 17.7 Å². The first-order valence-corrected chi connectivity index (χ1v) is 7.74. The van der Waals surface area contributed by atoms with Crippen LogP contribution >= 0.6 is 11.6 Å². The van der Waals surface area contributed by atoms with Crippen LogP contribution in [0.4, 0.5) is 0 Å². The topological polar surface area (TPSA) is 35.2 Å². The molecule has 0 heterocycles. The largest absolute Gasteiger partial charge is 0.495 e. The van der Waals surface area contributed by atoms with Gasteiger partial charge in [-0.25, -0.2) is 0 Å². The molecule has 0 bridgehead atoms. The molecule has 110 valence electrons. The highest BCUT2D eigenvalue weighted by Crippen LogP contribution is 2.39. The lowest BCUT2D eigenvalue weighted by Gasteiger charge is -2.31. The normalized spacial score (nSPS) is 21.5. The maximum atomic E-state index is 6.87. The molecule has 2 nitrogen and oxygen atoms in total.